The third-order valence-corrected chi connectivity index (χ3v) is 4.76. The van der Waals surface area contributed by atoms with Gasteiger partial charge in [-0.05, 0) is 19.3 Å². The molecule has 1 saturated carbocycles. The van der Waals surface area contributed by atoms with Crippen molar-refractivity contribution >= 4 is 17.6 Å². The van der Waals surface area contributed by atoms with E-state index in [9.17, 15) is 14.4 Å². The fourth-order valence-electron chi connectivity index (χ4n) is 3.28. The van der Waals surface area contributed by atoms with Crippen LogP contribution in [0.1, 0.15) is 68.4 Å². The van der Waals surface area contributed by atoms with Crippen LogP contribution in [0.5, 0.6) is 0 Å². The Balaban J connectivity index is 2.16. The summed E-state index contributed by atoms with van der Waals surface area (Å²) in [5.74, 6) is -1.62. The number of aromatic nitrogens is 2. The number of Topliss-reactive ketones (excluding diaryl/α,β-unsaturated/α-hetero) is 1. The molecule has 0 bridgehead atoms. The molecular weight excluding hydrogens is 340 g/mol. The topological polar surface area (TPSA) is 137 Å². The van der Waals surface area contributed by atoms with Crippen molar-refractivity contribution in [2.75, 3.05) is 7.11 Å². The Labute approximate surface area is 152 Å². The van der Waals surface area contributed by atoms with Crippen LogP contribution in [0, 0.1) is 5.41 Å². The van der Waals surface area contributed by atoms with Crippen LogP contribution in [0.4, 0.5) is 0 Å². The SMILES string of the molecule is CCC[C@H](NC(=O)C1(C(N)=O)CCCCC1)C(=O)c1nnc(COC)o1. The molecule has 0 unspecified atom stereocenters. The van der Waals surface area contributed by atoms with Gasteiger partial charge in [0.2, 0.25) is 23.5 Å². The van der Waals surface area contributed by atoms with Gasteiger partial charge in [-0.3, -0.25) is 14.4 Å². The zero-order valence-corrected chi connectivity index (χ0v) is 15.2. The van der Waals surface area contributed by atoms with E-state index in [-0.39, 0.29) is 18.4 Å². The molecule has 2 rings (SSSR count). The van der Waals surface area contributed by atoms with Gasteiger partial charge in [-0.1, -0.05) is 32.6 Å². The first-order valence-corrected chi connectivity index (χ1v) is 8.91. The molecule has 9 heteroatoms. The van der Waals surface area contributed by atoms with E-state index in [1.54, 1.807) is 0 Å². The summed E-state index contributed by atoms with van der Waals surface area (Å²) in [5, 5.41) is 10.2. The predicted molar refractivity (Wildman–Crippen MR) is 90.9 cm³/mol. The van der Waals surface area contributed by atoms with Gasteiger partial charge in [-0.15, -0.1) is 10.2 Å². The lowest BCUT2D eigenvalue weighted by molar-refractivity contribution is -0.144. The maximum atomic E-state index is 12.8. The Hall–Kier alpha value is -2.29. The third-order valence-electron chi connectivity index (χ3n) is 4.76. The number of ether oxygens (including phenoxy) is 1. The van der Waals surface area contributed by atoms with Crippen LogP contribution in [-0.4, -0.2) is 40.9 Å². The van der Waals surface area contributed by atoms with E-state index in [2.05, 4.69) is 15.5 Å². The molecule has 144 valence electrons. The van der Waals surface area contributed by atoms with Crippen molar-refractivity contribution in [3.8, 4) is 0 Å². The minimum Gasteiger partial charge on any atom is -0.416 e. The largest absolute Gasteiger partial charge is 0.416 e. The summed E-state index contributed by atoms with van der Waals surface area (Å²) < 4.78 is 10.2. The number of primary amides is 1. The van der Waals surface area contributed by atoms with Crippen molar-refractivity contribution < 1.29 is 23.5 Å². The lowest BCUT2D eigenvalue weighted by Crippen LogP contribution is -2.54. The number of carbonyl (C=O) groups excluding carboxylic acids is 3. The molecule has 1 heterocycles. The molecular formula is C17H26N4O5. The highest BCUT2D eigenvalue weighted by molar-refractivity contribution is 6.07. The molecule has 1 aliphatic carbocycles. The zero-order chi connectivity index (χ0) is 19.2. The Morgan fingerprint density at radius 1 is 1.27 bits per heavy atom. The van der Waals surface area contributed by atoms with Crippen LogP contribution in [0.3, 0.4) is 0 Å². The molecule has 1 aromatic rings. The zero-order valence-electron chi connectivity index (χ0n) is 15.2. The summed E-state index contributed by atoms with van der Waals surface area (Å²) in [6, 6.07) is -0.846. The highest BCUT2D eigenvalue weighted by atomic mass is 16.5. The summed E-state index contributed by atoms with van der Waals surface area (Å²) in [7, 11) is 1.47. The Morgan fingerprint density at radius 3 is 2.54 bits per heavy atom. The monoisotopic (exact) mass is 366 g/mol. The van der Waals surface area contributed by atoms with Gasteiger partial charge in [-0.2, -0.15) is 0 Å². The van der Waals surface area contributed by atoms with Crippen LogP contribution >= 0.6 is 0 Å². The van der Waals surface area contributed by atoms with Crippen LogP contribution < -0.4 is 11.1 Å². The number of methoxy groups -OCH3 is 1. The lowest BCUT2D eigenvalue weighted by Gasteiger charge is -2.33. The summed E-state index contributed by atoms with van der Waals surface area (Å²) in [5.41, 5.74) is 4.29. The second kappa shape index (κ2) is 8.88. The van der Waals surface area contributed by atoms with Crippen molar-refractivity contribution in [3.05, 3.63) is 11.8 Å². The van der Waals surface area contributed by atoms with Crippen molar-refractivity contribution in [1.29, 1.82) is 0 Å². The van der Waals surface area contributed by atoms with Crippen molar-refractivity contribution in [2.45, 2.75) is 64.5 Å². The molecule has 0 aromatic carbocycles. The number of carbonyl (C=O) groups is 3. The Morgan fingerprint density at radius 2 is 1.96 bits per heavy atom. The Bertz CT molecular complexity index is 651. The molecule has 0 radical (unpaired) electrons. The molecule has 9 nitrogen and oxygen atoms in total. The van der Waals surface area contributed by atoms with Crippen molar-refractivity contribution in [2.24, 2.45) is 11.1 Å². The average molecular weight is 366 g/mol. The van der Waals surface area contributed by atoms with E-state index in [0.29, 0.717) is 25.7 Å². The van der Waals surface area contributed by atoms with Gasteiger partial charge in [-0.25, -0.2) is 0 Å². The summed E-state index contributed by atoms with van der Waals surface area (Å²) in [6.45, 7) is 1.98. The molecule has 0 spiro atoms. The molecule has 1 fully saturated rings. The number of nitrogens with zero attached hydrogens (tertiary/aromatic N) is 2. The maximum Gasteiger partial charge on any atom is 0.286 e. The van der Waals surface area contributed by atoms with E-state index >= 15 is 0 Å². The standard InChI is InChI=1S/C17H26N4O5/c1-3-7-11(13(22)14-21-20-12(26-14)10-25-2)19-16(24)17(15(18)23)8-5-4-6-9-17/h11H,3-10H2,1-2H3,(H2,18,23)(H,19,24)/t11-/m0/s1. The number of nitrogens with one attached hydrogen (secondary N) is 1. The highest BCUT2D eigenvalue weighted by Crippen LogP contribution is 2.36. The van der Waals surface area contributed by atoms with Crippen LogP contribution in [-0.2, 0) is 20.9 Å². The molecule has 2 amide bonds. The first-order chi connectivity index (χ1) is 12.4. The van der Waals surface area contributed by atoms with E-state index in [0.717, 1.165) is 19.3 Å². The van der Waals surface area contributed by atoms with Crippen LogP contribution in [0.25, 0.3) is 0 Å². The second-order valence-corrected chi connectivity index (χ2v) is 6.62. The van der Waals surface area contributed by atoms with Gasteiger partial charge < -0.3 is 20.2 Å². The van der Waals surface area contributed by atoms with Crippen LogP contribution in [0.2, 0.25) is 0 Å². The van der Waals surface area contributed by atoms with Gasteiger partial charge in [0.05, 0.1) is 6.04 Å². The minimum absolute atomic E-state index is 0.0931. The van der Waals surface area contributed by atoms with E-state index in [1.165, 1.54) is 7.11 Å². The lowest BCUT2D eigenvalue weighted by atomic mass is 9.72. The molecule has 3 N–H and O–H groups in total. The van der Waals surface area contributed by atoms with Gasteiger partial charge in [0.15, 0.2) is 0 Å². The van der Waals surface area contributed by atoms with Crippen LogP contribution in [0.15, 0.2) is 4.42 Å². The molecule has 0 aliphatic heterocycles. The van der Waals surface area contributed by atoms with Crippen molar-refractivity contribution in [3.63, 3.8) is 0 Å². The number of rotatable bonds is 9. The van der Waals surface area contributed by atoms with Gasteiger partial charge in [0.25, 0.3) is 5.89 Å². The molecule has 26 heavy (non-hydrogen) atoms. The predicted octanol–water partition coefficient (Wildman–Crippen LogP) is 1.12. The van der Waals surface area contributed by atoms with Gasteiger partial charge in [0.1, 0.15) is 12.0 Å². The number of ketones is 1. The molecule has 1 aromatic heterocycles. The Kier molecular flexibility index (Phi) is 6.84. The number of nitrogens with two attached hydrogens (primary N) is 1. The van der Waals surface area contributed by atoms with E-state index in [1.807, 2.05) is 6.92 Å². The molecule has 1 atom stereocenters. The molecule has 0 saturated heterocycles. The smallest absolute Gasteiger partial charge is 0.286 e. The van der Waals surface area contributed by atoms with Gasteiger partial charge >= 0.3 is 0 Å². The summed E-state index contributed by atoms with van der Waals surface area (Å²) in [4.78, 5) is 37.5. The normalized spacial score (nSPS) is 17.5. The third kappa shape index (κ3) is 4.27. The quantitative estimate of drug-likeness (QED) is 0.493. The fraction of sp³-hybridized carbons (Fsp3) is 0.706. The van der Waals surface area contributed by atoms with E-state index < -0.39 is 29.1 Å². The highest BCUT2D eigenvalue weighted by Gasteiger charge is 2.46. The average Bonchev–Trinajstić information content (AvgIpc) is 3.10. The summed E-state index contributed by atoms with van der Waals surface area (Å²) >= 11 is 0. The maximum absolute atomic E-state index is 12.8. The number of hydrogen-bond acceptors (Lipinski definition) is 7. The minimum atomic E-state index is -1.25. The first kappa shape index (κ1) is 20.0. The second-order valence-electron chi connectivity index (χ2n) is 6.62. The van der Waals surface area contributed by atoms with Crippen molar-refractivity contribution in [1.82, 2.24) is 15.5 Å². The summed E-state index contributed by atoms with van der Waals surface area (Å²) in [6.07, 6.45) is 4.32. The van der Waals surface area contributed by atoms with Gasteiger partial charge in [0, 0.05) is 7.11 Å². The number of hydrogen-bond donors (Lipinski definition) is 2. The number of amides is 2. The molecule has 1 aliphatic rings. The van der Waals surface area contributed by atoms with E-state index in [4.69, 9.17) is 14.9 Å². The fourth-order valence-corrected chi connectivity index (χ4v) is 3.28. The first-order valence-electron chi connectivity index (χ1n) is 8.91.